The molecule has 0 saturated heterocycles. The van der Waals surface area contributed by atoms with Crippen molar-refractivity contribution >= 4 is 27.8 Å². The number of aryl methyl sites for hydroxylation is 2. The first-order valence-corrected chi connectivity index (χ1v) is 8.31. The molecule has 1 heterocycles. The molecule has 0 amide bonds. The molecule has 0 aliphatic carbocycles. The van der Waals surface area contributed by atoms with Gasteiger partial charge >= 0.3 is 5.97 Å². The molecule has 0 radical (unpaired) electrons. The van der Waals surface area contributed by atoms with E-state index >= 15 is 0 Å². The van der Waals surface area contributed by atoms with Crippen LogP contribution >= 0.6 is 0 Å². The second-order valence-corrected chi connectivity index (χ2v) is 6.22. The molecule has 0 fully saturated rings. The third-order valence-corrected chi connectivity index (χ3v) is 4.40. The number of carboxylic acids is 1. The largest absolute Gasteiger partial charge is 0.481 e. The Hall–Kier alpha value is -2.62. The van der Waals surface area contributed by atoms with Crippen molar-refractivity contribution in [3.05, 3.63) is 58.3 Å². The van der Waals surface area contributed by atoms with Crippen molar-refractivity contribution in [1.29, 1.82) is 0 Å². The van der Waals surface area contributed by atoms with Gasteiger partial charge in [0.05, 0.1) is 11.0 Å². The minimum atomic E-state index is -0.746. The van der Waals surface area contributed by atoms with E-state index in [1.807, 2.05) is 49.4 Å². The number of carboxylic acid groups (broad SMARTS) is 1. The molecule has 24 heavy (non-hydrogen) atoms. The van der Waals surface area contributed by atoms with Crippen LogP contribution in [0.4, 0.5) is 0 Å². The molecular weight excluding hydrogens is 302 g/mol. The maximum Gasteiger partial charge on any atom is 0.303 e. The maximum atomic E-state index is 12.8. The molecule has 3 rings (SSSR count). The zero-order chi connectivity index (χ0) is 17.1. The number of nitrogens with zero attached hydrogens (tertiary/aromatic N) is 1. The molecule has 4 heteroatoms. The van der Waals surface area contributed by atoms with E-state index in [1.54, 1.807) is 0 Å². The predicted octanol–water partition coefficient (Wildman–Crippen LogP) is 4.11. The molecule has 4 nitrogen and oxygen atoms in total. The Morgan fingerprint density at radius 1 is 1.00 bits per heavy atom. The number of pyridine rings is 1. The molecule has 0 aliphatic heterocycles. The monoisotopic (exact) mass is 323 g/mol. The van der Waals surface area contributed by atoms with E-state index in [0.717, 1.165) is 46.8 Å². The molecule has 0 spiro atoms. The SMILES string of the molecule is Cc1ccc2c(c1)c(=O)c1ccccc1n2CCCCCC(=O)O. The molecule has 1 N–H and O–H groups in total. The lowest BCUT2D eigenvalue weighted by molar-refractivity contribution is -0.137. The van der Waals surface area contributed by atoms with Crippen molar-refractivity contribution in [1.82, 2.24) is 4.57 Å². The van der Waals surface area contributed by atoms with Gasteiger partial charge in [-0.3, -0.25) is 9.59 Å². The fourth-order valence-corrected chi connectivity index (χ4v) is 3.21. The standard InChI is InChI=1S/C20H21NO3/c1-14-10-11-18-16(13-14)20(24)15-7-4-5-8-17(15)21(18)12-6-2-3-9-19(22)23/h4-5,7-8,10-11,13H,2-3,6,9,12H2,1H3,(H,22,23). The van der Waals surface area contributed by atoms with Crippen LogP contribution in [0.25, 0.3) is 21.8 Å². The van der Waals surface area contributed by atoms with Crippen LogP contribution in [0, 0.1) is 6.92 Å². The Morgan fingerprint density at radius 3 is 2.54 bits per heavy atom. The van der Waals surface area contributed by atoms with Gasteiger partial charge in [0, 0.05) is 23.7 Å². The van der Waals surface area contributed by atoms with Crippen LogP contribution in [0.1, 0.15) is 31.2 Å². The van der Waals surface area contributed by atoms with Crippen molar-refractivity contribution in [3.8, 4) is 0 Å². The summed E-state index contributed by atoms with van der Waals surface area (Å²) in [6.07, 6.45) is 2.65. The van der Waals surface area contributed by atoms with E-state index in [1.165, 1.54) is 0 Å². The van der Waals surface area contributed by atoms with E-state index < -0.39 is 5.97 Å². The zero-order valence-corrected chi connectivity index (χ0v) is 13.8. The van der Waals surface area contributed by atoms with Gasteiger partial charge in [0.25, 0.3) is 0 Å². The van der Waals surface area contributed by atoms with Crippen LogP contribution in [0.3, 0.4) is 0 Å². The first kappa shape index (κ1) is 16.2. The van der Waals surface area contributed by atoms with Gasteiger partial charge in [-0.1, -0.05) is 30.2 Å². The molecule has 0 bridgehead atoms. The van der Waals surface area contributed by atoms with E-state index in [4.69, 9.17) is 5.11 Å². The first-order chi connectivity index (χ1) is 11.6. The summed E-state index contributed by atoms with van der Waals surface area (Å²) in [5.74, 6) is -0.746. The summed E-state index contributed by atoms with van der Waals surface area (Å²) in [5, 5.41) is 10.2. The Bertz CT molecular complexity index is 956. The molecule has 2 aromatic carbocycles. The molecule has 0 saturated carbocycles. The van der Waals surface area contributed by atoms with Gasteiger partial charge in [0.2, 0.25) is 0 Å². The minimum absolute atomic E-state index is 0.0754. The highest BCUT2D eigenvalue weighted by Gasteiger charge is 2.10. The van der Waals surface area contributed by atoms with Crippen molar-refractivity contribution in [3.63, 3.8) is 0 Å². The summed E-state index contributed by atoms with van der Waals surface area (Å²) in [7, 11) is 0. The number of aromatic nitrogens is 1. The average Bonchev–Trinajstić information content (AvgIpc) is 2.57. The van der Waals surface area contributed by atoms with Crippen LogP contribution in [0.5, 0.6) is 0 Å². The molecule has 3 aromatic rings. The number of fused-ring (bicyclic) bond motifs is 2. The topological polar surface area (TPSA) is 59.3 Å². The van der Waals surface area contributed by atoms with Crippen molar-refractivity contribution < 1.29 is 9.90 Å². The Labute approximate surface area is 140 Å². The van der Waals surface area contributed by atoms with E-state index in [2.05, 4.69) is 4.57 Å². The quantitative estimate of drug-likeness (QED) is 0.548. The number of rotatable bonds is 6. The summed E-state index contributed by atoms with van der Waals surface area (Å²) in [6, 6.07) is 13.7. The third-order valence-electron chi connectivity index (χ3n) is 4.40. The first-order valence-electron chi connectivity index (χ1n) is 8.31. The van der Waals surface area contributed by atoms with Gasteiger partial charge in [0.15, 0.2) is 5.43 Å². The summed E-state index contributed by atoms with van der Waals surface area (Å²) in [6.45, 7) is 2.77. The smallest absolute Gasteiger partial charge is 0.303 e. The van der Waals surface area contributed by atoms with Gasteiger partial charge in [-0.05, 0) is 44.0 Å². The van der Waals surface area contributed by atoms with Crippen LogP contribution < -0.4 is 5.43 Å². The van der Waals surface area contributed by atoms with E-state index in [-0.39, 0.29) is 11.8 Å². The minimum Gasteiger partial charge on any atom is -0.481 e. The van der Waals surface area contributed by atoms with Gasteiger partial charge < -0.3 is 9.67 Å². The van der Waals surface area contributed by atoms with Crippen molar-refractivity contribution in [2.24, 2.45) is 0 Å². The van der Waals surface area contributed by atoms with Crippen molar-refractivity contribution in [2.45, 2.75) is 39.2 Å². The normalized spacial score (nSPS) is 11.2. The highest BCUT2D eigenvalue weighted by molar-refractivity contribution is 5.93. The highest BCUT2D eigenvalue weighted by atomic mass is 16.4. The summed E-state index contributed by atoms with van der Waals surface area (Å²) in [4.78, 5) is 23.4. The summed E-state index contributed by atoms with van der Waals surface area (Å²) >= 11 is 0. The lowest BCUT2D eigenvalue weighted by atomic mass is 10.1. The molecule has 0 aliphatic rings. The second-order valence-electron chi connectivity index (χ2n) is 6.22. The van der Waals surface area contributed by atoms with E-state index in [9.17, 15) is 9.59 Å². The Kier molecular flexibility index (Phi) is 4.65. The Balaban J connectivity index is 2.02. The number of para-hydroxylation sites is 1. The van der Waals surface area contributed by atoms with Crippen LogP contribution in [-0.2, 0) is 11.3 Å². The molecule has 0 atom stereocenters. The summed E-state index contributed by atoms with van der Waals surface area (Å²) in [5.41, 5.74) is 3.04. The predicted molar refractivity (Wildman–Crippen MR) is 96.6 cm³/mol. The van der Waals surface area contributed by atoms with Gasteiger partial charge in [-0.15, -0.1) is 0 Å². The van der Waals surface area contributed by atoms with Crippen LogP contribution in [-0.4, -0.2) is 15.6 Å². The summed E-state index contributed by atoms with van der Waals surface area (Å²) < 4.78 is 2.19. The molecule has 0 unspecified atom stereocenters. The third kappa shape index (κ3) is 3.18. The van der Waals surface area contributed by atoms with Gasteiger partial charge in [-0.25, -0.2) is 0 Å². The molecule has 124 valence electrons. The number of carbonyl (C=O) groups is 1. The maximum absolute atomic E-state index is 12.8. The fourth-order valence-electron chi connectivity index (χ4n) is 3.21. The number of hydrogen-bond donors (Lipinski definition) is 1. The average molecular weight is 323 g/mol. The number of hydrogen-bond acceptors (Lipinski definition) is 2. The fraction of sp³-hybridized carbons (Fsp3) is 0.300. The Morgan fingerprint density at radius 2 is 1.75 bits per heavy atom. The second kappa shape index (κ2) is 6.87. The van der Waals surface area contributed by atoms with Gasteiger partial charge in [0.1, 0.15) is 0 Å². The lowest BCUT2D eigenvalue weighted by Crippen LogP contribution is -2.12. The van der Waals surface area contributed by atoms with Crippen LogP contribution in [0.2, 0.25) is 0 Å². The number of benzene rings is 2. The van der Waals surface area contributed by atoms with Crippen LogP contribution in [0.15, 0.2) is 47.3 Å². The number of unbranched alkanes of at least 4 members (excludes halogenated alkanes) is 2. The zero-order valence-electron chi connectivity index (χ0n) is 13.8. The van der Waals surface area contributed by atoms with E-state index in [0.29, 0.717) is 6.42 Å². The number of aliphatic carboxylic acids is 1. The van der Waals surface area contributed by atoms with Gasteiger partial charge in [-0.2, -0.15) is 0 Å². The molecular formula is C20H21NO3. The lowest BCUT2D eigenvalue weighted by Gasteiger charge is -2.15. The highest BCUT2D eigenvalue weighted by Crippen LogP contribution is 2.21. The van der Waals surface area contributed by atoms with Crippen molar-refractivity contribution in [2.75, 3.05) is 0 Å². The molecule has 1 aromatic heterocycles.